The van der Waals surface area contributed by atoms with Gasteiger partial charge in [0.2, 0.25) is 0 Å². The van der Waals surface area contributed by atoms with E-state index in [1.807, 2.05) is 0 Å². The van der Waals surface area contributed by atoms with Crippen LogP contribution in [0.2, 0.25) is 0 Å². The van der Waals surface area contributed by atoms with Gasteiger partial charge in [-0.25, -0.2) is 0 Å². The van der Waals surface area contributed by atoms with Crippen molar-refractivity contribution in [2.75, 3.05) is 19.0 Å². The van der Waals surface area contributed by atoms with Gasteiger partial charge in [0.05, 0.1) is 11.5 Å². The first-order valence-electron chi connectivity index (χ1n) is 5.79. The molecule has 100 valence electrons. The predicted molar refractivity (Wildman–Crippen MR) is 70.0 cm³/mol. The lowest BCUT2D eigenvalue weighted by Gasteiger charge is -2.17. The Bertz CT molecular complexity index is 427. The van der Waals surface area contributed by atoms with E-state index in [1.165, 1.54) is 6.07 Å². The second-order valence-corrected chi connectivity index (χ2v) is 5.19. The summed E-state index contributed by atoms with van der Waals surface area (Å²) in [7, 11) is 1.70. The minimum Gasteiger partial charge on any atom is -0.473 e. The van der Waals surface area contributed by atoms with Crippen LogP contribution in [0.1, 0.15) is 27.2 Å². The fourth-order valence-electron chi connectivity index (χ4n) is 1.27. The van der Waals surface area contributed by atoms with Gasteiger partial charge in [0, 0.05) is 13.1 Å². The van der Waals surface area contributed by atoms with Crippen LogP contribution in [0.3, 0.4) is 0 Å². The van der Waals surface area contributed by atoms with E-state index in [4.69, 9.17) is 4.74 Å². The number of anilines is 1. The Morgan fingerprint density at radius 3 is 2.61 bits per heavy atom. The van der Waals surface area contributed by atoms with Crippen LogP contribution < -0.4 is 10.1 Å². The SMILES string of the molecule is CNc1ccc([N+](=O)[O-])c(OCCC(C)(C)C)n1. The number of hydrogen-bond donors (Lipinski definition) is 1. The molecule has 1 N–H and O–H groups in total. The number of rotatable bonds is 5. The highest BCUT2D eigenvalue weighted by atomic mass is 16.6. The number of hydrogen-bond acceptors (Lipinski definition) is 5. The Hall–Kier alpha value is -1.85. The summed E-state index contributed by atoms with van der Waals surface area (Å²) in [5, 5.41) is 13.7. The van der Waals surface area contributed by atoms with Crippen molar-refractivity contribution < 1.29 is 9.66 Å². The number of aromatic nitrogens is 1. The zero-order chi connectivity index (χ0) is 13.8. The largest absolute Gasteiger partial charge is 0.473 e. The zero-order valence-corrected chi connectivity index (χ0v) is 11.2. The molecule has 18 heavy (non-hydrogen) atoms. The van der Waals surface area contributed by atoms with E-state index in [9.17, 15) is 10.1 Å². The molecule has 0 saturated carbocycles. The van der Waals surface area contributed by atoms with E-state index in [2.05, 4.69) is 31.1 Å². The molecule has 6 heteroatoms. The maximum atomic E-state index is 10.8. The van der Waals surface area contributed by atoms with Crippen LogP contribution in [0.5, 0.6) is 5.88 Å². The van der Waals surface area contributed by atoms with Gasteiger partial charge in [-0.2, -0.15) is 4.98 Å². The normalized spacial score (nSPS) is 11.1. The van der Waals surface area contributed by atoms with Gasteiger partial charge in [-0.1, -0.05) is 20.8 Å². The topological polar surface area (TPSA) is 77.3 Å². The summed E-state index contributed by atoms with van der Waals surface area (Å²) in [4.78, 5) is 14.4. The molecule has 1 rings (SSSR count). The molecule has 6 nitrogen and oxygen atoms in total. The van der Waals surface area contributed by atoms with Gasteiger partial charge in [0.1, 0.15) is 5.82 Å². The molecule has 0 aliphatic carbocycles. The molecule has 1 aromatic rings. The molecule has 1 heterocycles. The Balaban J connectivity index is 2.81. The van der Waals surface area contributed by atoms with Crippen molar-refractivity contribution in [1.82, 2.24) is 4.98 Å². The molecule has 0 unspecified atom stereocenters. The zero-order valence-electron chi connectivity index (χ0n) is 11.2. The molecule has 0 aromatic carbocycles. The van der Waals surface area contributed by atoms with Gasteiger partial charge in [-0.05, 0) is 17.9 Å². The van der Waals surface area contributed by atoms with Crippen LogP contribution in [0.15, 0.2) is 12.1 Å². The monoisotopic (exact) mass is 253 g/mol. The molecular formula is C12H19N3O3. The third kappa shape index (κ3) is 4.20. The van der Waals surface area contributed by atoms with Crippen LogP contribution in [0.4, 0.5) is 11.5 Å². The summed E-state index contributed by atoms with van der Waals surface area (Å²) in [5.74, 6) is 0.613. The second-order valence-electron chi connectivity index (χ2n) is 5.19. The Labute approximate surface area is 107 Å². The summed E-state index contributed by atoms with van der Waals surface area (Å²) in [6.07, 6.45) is 0.801. The van der Waals surface area contributed by atoms with Gasteiger partial charge in [-0.15, -0.1) is 0 Å². The van der Waals surface area contributed by atoms with E-state index in [0.29, 0.717) is 12.4 Å². The number of pyridine rings is 1. The van der Waals surface area contributed by atoms with Crippen molar-refractivity contribution >= 4 is 11.5 Å². The fraction of sp³-hybridized carbons (Fsp3) is 0.583. The lowest BCUT2D eigenvalue weighted by molar-refractivity contribution is -0.386. The summed E-state index contributed by atoms with van der Waals surface area (Å²) >= 11 is 0. The first-order chi connectivity index (χ1) is 8.33. The Kier molecular flexibility index (Phi) is 4.47. The van der Waals surface area contributed by atoms with E-state index < -0.39 is 4.92 Å². The summed E-state index contributed by atoms with van der Waals surface area (Å²) < 4.78 is 5.42. The Morgan fingerprint density at radius 2 is 2.11 bits per heavy atom. The highest BCUT2D eigenvalue weighted by Crippen LogP contribution is 2.27. The van der Waals surface area contributed by atoms with Crippen LogP contribution in [0.25, 0.3) is 0 Å². The standard InChI is InChI=1S/C12H19N3O3/c1-12(2,3)7-8-18-11-9(15(16)17)5-6-10(13-4)14-11/h5-6H,7-8H2,1-4H3,(H,13,14). The van der Waals surface area contributed by atoms with Gasteiger partial charge in [0.25, 0.3) is 5.88 Å². The van der Waals surface area contributed by atoms with Crippen LogP contribution >= 0.6 is 0 Å². The van der Waals surface area contributed by atoms with Crippen molar-refractivity contribution in [3.8, 4) is 5.88 Å². The average Bonchev–Trinajstić information content (AvgIpc) is 2.26. The lowest BCUT2D eigenvalue weighted by atomic mass is 9.93. The van der Waals surface area contributed by atoms with Gasteiger partial charge >= 0.3 is 5.69 Å². The number of nitrogens with one attached hydrogen (secondary N) is 1. The number of nitrogens with zero attached hydrogens (tertiary/aromatic N) is 2. The van der Waals surface area contributed by atoms with E-state index in [0.717, 1.165) is 6.42 Å². The maximum Gasteiger partial charge on any atom is 0.331 e. The summed E-state index contributed by atoms with van der Waals surface area (Å²) in [6, 6.07) is 2.94. The van der Waals surface area contributed by atoms with Crippen molar-refractivity contribution in [2.24, 2.45) is 5.41 Å². The highest BCUT2D eigenvalue weighted by Gasteiger charge is 2.18. The van der Waals surface area contributed by atoms with Crippen LogP contribution in [-0.4, -0.2) is 23.6 Å². The molecule has 0 spiro atoms. The molecule has 1 aromatic heterocycles. The quantitative estimate of drug-likeness (QED) is 0.645. The molecule has 0 saturated heterocycles. The van der Waals surface area contributed by atoms with Crippen molar-refractivity contribution in [3.63, 3.8) is 0 Å². The number of ether oxygens (including phenoxy) is 1. The van der Waals surface area contributed by atoms with Crippen molar-refractivity contribution in [2.45, 2.75) is 27.2 Å². The van der Waals surface area contributed by atoms with Gasteiger partial charge in [0.15, 0.2) is 0 Å². The van der Waals surface area contributed by atoms with Crippen molar-refractivity contribution in [3.05, 3.63) is 22.2 Å². The molecule has 0 amide bonds. The van der Waals surface area contributed by atoms with Crippen molar-refractivity contribution in [1.29, 1.82) is 0 Å². The molecule has 0 radical (unpaired) electrons. The van der Waals surface area contributed by atoms with E-state index >= 15 is 0 Å². The third-order valence-corrected chi connectivity index (χ3v) is 2.38. The third-order valence-electron chi connectivity index (χ3n) is 2.38. The Morgan fingerprint density at radius 1 is 1.44 bits per heavy atom. The minimum atomic E-state index is -0.487. The number of nitro groups is 1. The molecule has 0 bridgehead atoms. The molecule has 0 aliphatic rings. The lowest BCUT2D eigenvalue weighted by Crippen LogP contribution is -2.12. The molecule has 0 fully saturated rings. The van der Waals surface area contributed by atoms with Crippen LogP contribution in [0, 0.1) is 15.5 Å². The first-order valence-corrected chi connectivity index (χ1v) is 5.79. The van der Waals surface area contributed by atoms with E-state index in [1.54, 1.807) is 13.1 Å². The highest BCUT2D eigenvalue weighted by molar-refractivity contribution is 5.48. The summed E-state index contributed by atoms with van der Waals surface area (Å²) in [5.41, 5.74) is 0.0120. The molecular weight excluding hydrogens is 234 g/mol. The minimum absolute atomic E-state index is 0.0658. The summed E-state index contributed by atoms with van der Waals surface area (Å²) in [6.45, 7) is 6.66. The molecule has 0 atom stereocenters. The second kappa shape index (κ2) is 5.66. The molecule has 0 aliphatic heterocycles. The van der Waals surface area contributed by atoms with Crippen LogP contribution in [-0.2, 0) is 0 Å². The smallest absolute Gasteiger partial charge is 0.331 e. The maximum absolute atomic E-state index is 10.8. The van der Waals surface area contributed by atoms with E-state index in [-0.39, 0.29) is 17.0 Å². The first kappa shape index (κ1) is 14.2. The van der Waals surface area contributed by atoms with Gasteiger partial charge < -0.3 is 10.1 Å². The predicted octanol–water partition coefficient (Wildman–Crippen LogP) is 2.85. The average molecular weight is 253 g/mol. The van der Waals surface area contributed by atoms with Gasteiger partial charge in [-0.3, -0.25) is 10.1 Å². The fourth-order valence-corrected chi connectivity index (χ4v) is 1.27.